The van der Waals surface area contributed by atoms with Gasteiger partial charge in [-0.2, -0.15) is 13.2 Å². The Hall–Kier alpha value is -1.56. The second kappa shape index (κ2) is 5.83. The molecule has 0 atom stereocenters. The van der Waals surface area contributed by atoms with E-state index in [-0.39, 0.29) is 16.8 Å². The van der Waals surface area contributed by atoms with Gasteiger partial charge in [-0.15, -0.1) is 0 Å². The maximum absolute atomic E-state index is 13.6. The molecule has 0 aliphatic carbocycles. The highest BCUT2D eigenvalue weighted by molar-refractivity contribution is 9.10. The van der Waals surface area contributed by atoms with Crippen molar-refractivity contribution in [2.24, 2.45) is 0 Å². The van der Waals surface area contributed by atoms with Gasteiger partial charge in [-0.05, 0) is 45.8 Å². The van der Waals surface area contributed by atoms with Crippen LogP contribution in [0.3, 0.4) is 0 Å². The molecule has 0 unspecified atom stereocenters. The molecule has 0 amide bonds. The SMILES string of the molecule is Fc1c(Br)cccc1OCc1cccc(C(F)(F)F)c1. The lowest BCUT2D eigenvalue weighted by Crippen LogP contribution is -2.06. The zero-order valence-corrected chi connectivity index (χ0v) is 11.6. The average Bonchev–Trinajstić information content (AvgIpc) is 2.40. The van der Waals surface area contributed by atoms with Crippen LogP contribution in [0, 0.1) is 5.82 Å². The third-order valence-corrected chi connectivity index (χ3v) is 3.18. The quantitative estimate of drug-likeness (QED) is 0.694. The van der Waals surface area contributed by atoms with E-state index in [0.717, 1.165) is 12.1 Å². The first-order chi connectivity index (χ1) is 9.38. The predicted molar refractivity (Wildman–Crippen MR) is 69.9 cm³/mol. The Kier molecular flexibility index (Phi) is 4.32. The van der Waals surface area contributed by atoms with E-state index in [9.17, 15) is 17.6 Å². The Morgan fingerprint density at radius 1 is 1.05 bits per heavy atom. The average molecular weight is 349 g/mol. The summed E-state index contributed by atoms with van der Waals surface area (Å²) in [6.45, 7) is -0.142. The van der Waals surface area contributed by atoms with Crippen LogP contribution < -0.4 is 4.74 Å². The summed E-state index contributed by atoms with van der Waals surface area (Å²) in [5, 5.41) is 0. The molecule has 0 bridgehead atoms. The van der Waals surface area contributed by atoms with Crippen molar-refractivity contribution < 1.29 is 22.3 Å². The summed E-state index contributed by atoms with van der Waals surface area (Å²) < 4.78 is 56.7. The van der Waals surface area contributed by atoms with Gasteiger partial charge in [0.15, 0.2) is 11.6 Å². The van der Waals surface area contributed by atoms with E-state index in [1.165, 1.54) is 24.3 Å². The van der Waals surface area contributed by atoms with Gasteiger partial charge in [-0.3, -0.25) is 0 Å². The molecule has 0 saturated heterocycles. The van der Waals surface area contributed by atoms with Crippen molar-refractivity contribution in [2.45, 2.75) is 12.8 Å². The summed E-state index contributed by atoms with van der Waals surface area (Å²) in [6.07, 6.45) is -4.41. The molecule has 1 nitrogen and oxygen atoms in total. The summed E-state index contributed by atoms with van der Waals surface area (Å²) in [5.41, 5.74) is -0.437. The van der Waals surface area contributed by atoms with Crippen LogP contribution in [0.15, 0.2) is 46.9 Å². The van der Waals surface area contributed by atoms with Crippen LogP contribution >= 0.6 is 15.9 Å². The summed E-state index contributed by atoms with van der Waals surface area (Å²) in [7, 11) is 0. The van der Waals surface area contributed by atoms with Gasteiger partial charge in [0.2, 0.25) is 0 Å². The highest BCUT2D eigenvalue weighted by Gasteiger charge is 2.30. The standard InChI is InChI=1S/C14H9BrF4O/c15-11-5-2-6-12(13(11)16)20-8-9-3-1-4-10(7-9)14(17,18)19/h1-7H,8H2. The fraction of sp³-hybridized carbons (Fsp3) is 0.143. The van der Waals surface area contributed by atoms with Crippen molar-refractivity contribution in [2.75, 3.05) is 0 Å². The molecule has 6 heteroatoms. The molecule has 2 aromatic rings. The molecule has 106 valence electrons. The number of alkyl halides is 3. The van der Waals surface area contributed by atoms with Gasteiger partial charge in [-0.1, -0.05) is 18.2 Å². The van der Waals surface area contributed by atoms with Gasteiger partial charge in [0, 0.05) is 0 Å². The van der Waals surface area contributed by atoms with E-state index in [1.807, 2.05) is 0 Å². The van der Waals surface area contributed by atoms with E-state index < -0.39 is 17.6 Å². The van der Waals surface area contributed by atoms with Crippen LogP contribution in [-0.4, -0.2) is 0 Å². The highest BCUT2D eigenvalue weighted by atomic mass is 79.9. The van der Waals surface area contributed by atoms with Crippen molar-refractivity contribution in [1.82, 2.24) is 0 Å². The molecule has 0 fully saturated rings. The van der Waals surface area contributed by atoms with Gasteiger partial charge in [-0.25, -0.2) is 4.39 Å². The van der Waals surface area contributed by atoms with Crippen molar-refractivity contribution in [3.05, 3.63) is 63.9 Å². The van der Waals surface area contributed by atoms with Crippen molar-refractivity contribution >= 4 is 15.9 Å². The van der Waals surface area contributed by atoms with Gasteiger partial charge in [0.25, 0.3) is 0 Å². The minimum absolute atomic E-state index is 0.0169. The predicted octanol–water partition coefficient (Wildman–Crippen LogP) is 5.19. The molecule has 2 aromatic carbocycles. The first-order valence-electron chi connectivity index (χ1n) is 5.61. The molecule has 0 aliphatic rings. The fourth-order valence-corrected chi connectivity index (χ4v) is 1.94. The zero-order valence-electron chi connectivity index (χ0n) is 10.0. The van der Waals surface area contributed by atoms with Gasteiger partial charge < -0.3 is 4.74 Å². The lowest BCUT2D eigenvalue weighted by atomic mass is 10.1. The van der Waals surface area contributed by atoms with Gasteiger partial charge in [0.05, 0.1) is 10.0 Å². The number of halogens is 5. The van der Waals surface area contributed by atoms with Crippen LogP contribution in [0.25, 0.3) is 0 Å². The molecule has 0 aromatic heterocycles. The van der Waals surface area contributed by atoms with E-state index in [4.69, 9.17) is 4.74 Å². The Morgan fingerprint density at radius 3 is 2.45 bits per heavy atom. The first-order valence-corrected chi connectivity index (χ1v) is 6.40. The smallest absolute Gasteiger partial charge is 0.416 e. The maximum atomic E-state index is 13.6. The molecular formula is C14H9BrF4O. The summed E-state index contributed by atoms with van der Waals surface area (Å²) in [4.78, 5) is 0. The Balaban J connectivity index is 2.13. The van der Waals surface area contributed by atoms with E-state index >= 15 is 0 Å². The third-order valence-electron chi connectivity index (χ3n) is 2.56. The van der Waals surface area contributed by atoms with Crippen LogP contribution in [0.4, 0.5) is 17.6 Å². The van der Waals surface area contributed by atoms with Crippen molar-refractivity contribution in [1.29, 1.82) is 0 Å². The van der Waals surface area contributed by atoms with E-state index in [1.54, 1.807) is 6.07 Å². The molecular weight excluding hydrogens is 340 g/mol. The minimum Gasteiger partial charge on any atom is -0.486 e. The number of hydrogen-bond acceptors (Lipinski definition) is 1. The Labute approximate surface area is 121 Å². The van der Waals surface area contributed by atoms with Gasteiger partial charge >= 0.3 is 6.18 Å². The minimum atomic E-state index is -4.41. The maximum Gasteiger partial charge on any atom is 0.416 e. The number of ether oxygens (including phenoxy) is 1. The zero-order chi connectivity index (χ0) is 14.8. The second-order valence-corrected chi connectivity index (χ2v) is 4.89. The number of benzene rings is 2. The molecule has 20 heavy (non-hydrogen) atoms. The largest absolute Gasteiger partial charge is 0.486 e. The Morgan fingerprint density at radius 2 is 1.75 bits per heavy atom. The summed E-state index contributed by atoms with van der Waals surface area (Å²) >= 11 is 3.01. The molecule has 0 N–H and O–H groups in total. The molecule has 0 heterocycles. The monoisotopic (exact) mass is 348 g/mol. The van der Waals surface area contributed by atoms with Gasteiger partial charge in [0.1, 0.15) is 6.61 Å². The topological polar surface area (TPSA) is 9.23 Å². The third kappa shape index (κ3) is 3.50. The van der Waals surface area contributed by atoms with E-state index in [0.29, 0.717) is 5.56 Å². The highest BCUT2D eigenvalue weighted by Crippen LogP contribution is 2.30. The summed E-state index contributed by atoms with van der Waals surface area (Å²) in [5.74, 6) is -0.601. The molecule has 0 aliphatic heterocycles. The lowest BCUT2D eigenvalue weighted by molar-refractivity contribution is -0.137. The second-order valence-electron chi connectivity index (χ2n) is 4.04. The molecule has 0 radical (unpaired) electrons. The van der Waals surface area contributed by atoms with Crippen molar-refractivity contribution in [3.63, 3.8) is 0 Å². The van der Waals surface area contributed by atoms with Crippen LogP contribution in [0.1, 0.15) is 11.1 Å². The normalized spacial score (nSPS) is 11.4. The van der Waals surface area contributed by atoms with Crippen molar-refractivity contribution in [3.8, 4) is 5.75 Å². The lowest BCUT2D eigenvalue weighted by Gasteiger charge is -2.10. The van der Waals surface area contributed by atoms with E-state index in [2.05, 4.69) is 15.9 Å². The number of rotatable bonds is 3. The molecule has 0 saturated carbocycles. The summed E-state index contributed by atoms with van der Waals surface area (Å²) in [6, 6.07) is 9.23. The van der Waals surface area contributed by atoms with Crippen LogP contribution in [-0.2, 0) is 12.8 Å². The van der Waals surface area contributed by atoms with Crippen LogP contribution in [0.5, 0.6) is 5.75 Å². The van der Waals surface area contributed by atoms with Crippen LogP contribution in [0.2, 0.25) is 0 Å². The molecule has 2 rings (SSSR count). The fourth-order valence-electron chi connectivity index (χ4n) is 1.59. The first kappa shape index (κ1) is 14.8. The number of hydrogen-bond donors (Lipinski definition) is 0. The Bertz CT molecular complexity index is 610. The molecule has 0 spiro atoms.